The van der Waals surface area contributed by atoms with Crippen LogP contribution in [0.5, 0.6) is 5.75 Å². The van der Waals surface area contributed by atoms with Gasteiger partial charge in [-0.2, -0.15) is 13.2 Å². The van der Waals surface area contributed by atoms with E-state index in [4.69, 9.17) is 9.47 Å². The molecule has 0 atom stereocenters. The largest absolute Gasteiger partial charge is 0.480 e. The minimum atomic E-state index is -5.24. The topological polar surface area (TPSA) is 161 Å². The highest BCUT2D eigenvalue weighted by molar-refractivity contribution is 7.88. The first-order valence-corrected chi connectivity index (χ1v) is 17.6. The number of anilines is 2. The number of ether oxygens (including phenoxy) is 3. The molecule has 1 aromatic heterocycles. The smallest absolute Gasteiger partial charge is 0.471 e. The van der Waals surface area contributed by atoms with Crippen LogP contribution in [-0.2, 0) is 34.8 Å². The van der Waals surface area contributed by atoms with Crippen LogP contribution >= 0.6 is 11.3 Å². The SMILES string of the molecule is CCNC(=O)Nc1ccccc1CS(=O)(=O)N1CCC(N(C(=O)C(F)(F)F)c2cccc(-c3cc(OCC(=O)OC)c(C(=O)OC)s3)c2)CC1. The maximum absolute atomic E-state index is 14.0. The Morgan fingerprint density at radius 3 is 2.34 bits per heavy atom. The Kier molecular flexibility index (Phi) is 12.5. The number of hydrogen-bond acceptors (Lipinski definition) is 10. The van der Waals surface area contributed by atoms with Gasteiger partial charge in [-0.3, -0.25) is 4.79 Å². The van der Waals surface area contributed by atoms with Gasteiger partial charge in [0.2, 0.25) is 10.0 Å². The summed E-state index contributed by atoms with van der Waals surface area (Å²) in [6, 6.07) is 12.0. The number of sulfonamides is 1. The van der Waals surface area contributed by atoms with Crippen LogP contribution < -0.4 is 20.3 Å². The predicted octanol–water partition coefficient (Wildman–Crippen LogP) is 4.78. The maximum Gasteiger partial charge on any atom is 0.471 e. The molecule has 0 bridgehead atoms. The highest BCUT2D eigenvalue weighted by Gasteiger charge is 2.46. The van der Waals surface area contributed by atoms with Crippen molar-refractivity contribution in [3.05, 3.63) is 65.0 Å². The van der Waals surface area contributed by atoms with E-state index in [0.717, 1.165) is 29.9 Å². The molecule has 270 valence electrons. The van der Waals surface area contributed by atoms with Crippen molar-refractivity contribution in [1.29, 1.82) is 0 Å². The van der Waals surface area contributed by atoms with Gasteiger partial charge in [0, 0.05) is 41.9 Å². The Labute approximate surface area is 290 Å². The molecule has 18 heteroatoms. The average molecular weight is 741 g/mol. The Hall–Kier alpha value is -4.68. The molecule has 2 N–H and O–H groups in total. The van der Waals surface area contributed by atoms with Crippen molar-refractivity contribution in [2.45, 2.75) is 37.7 Å². The Bertz CT molecular complexity index is 1820. The normalized spacial score (nSPS) is 14.0. The molecule has 3 amide bonds. The summed E-state index contributed by atoms with van der Waals surface area (Å²) in [5.74, 6) is -4.08. The second-order valence-electron chi connectivity index (χ2n) is 10.9. The second kappa shape index (κ2) is 16.4. The number of rotatable bonds is 12. The van der Waals surface area contributed by atoms with Crippen LogP contribution in [-0.4, -0.2) is 89.3 Å². The number of para-hydroxylation sites is 1. The van der Waals surface area contributed by atoms with Crippen LogP contribution in [0.4, 0.5) is 29.3 Å². The summed E-state index contributed by atoms with van der Waals surface area (Å²) < 4.78 is 84.7. The lowest BCUT2D eigenvalue weighted by molar-refractivity contribution is -0.171. The van der Waals surface area contributed by atoms with Gasteiger partial charge >= 0.3 is 30.1 Å². The predicted molar refractivity (Wildman–Crippen MR) is 179 cm³/mol. The minimum Gasteiger partial charge on any atom is -0.480 e. The zero-order chi connectivity index (χ0) is 36.6. The number of methoxy groups -OCH3 is 2. The lowest BCUT2D eigenvalue weighted by Crippen LogP contribution is -2.52. The summed E-state index contributed by atoms with van der Waals surface area (Å²) in [6.07, 6.45) is -5.43. The van der Waals surface area contributed by atoms with Gasteiger partial charge in [0.1, 0.15) is 5.75 Å². The Morgan fingerprint density at radius 1 is 1.00 bits per heavy atom. The van der Waals surface area contributed by atoms with E-state index in [9.17, 15) is 40.8 Å². The number of carbonyl (C=O) groups excluding carboxylic acids is 4. The minimum absolute atomic E-state index is 0.00348. The second-order valence-corrected chi connectivity index (χ2v) is 13.9. The number of benzene rings is 2. The molecule has 0 unspecified atom stereocenters. The monoisotopic (exact) mass is 740 g/mol. The van der Waals surface area contributed by atoms with Crippen LogP contribution in [0.1, 0.15) is 35.0 Å². The fourth-order valence-electron chi connectivity index (χ4n) is 5.26. The van der Waals surface area contributed by atoms with Crippen molar-refractivity contribution in [2.24, 2.45) is 0 Å². The van der Waals surface area contributed by atoms with E-state index < -0.39 is 58.5 Å². The molecule has 2 heterocycles. The molecular formula is C32H35F3N4O9S2. The summed E-state index contributed by atoms with van der Waals surface area (Å²) in [5.41, 5.74) is 0.867. The third-order valence-corrected chi connectivity index (χ3v) is 10.6. The van der Waals surface area contributed by atoms with Gasteiger partial charge in [0.05, 0.1) is 20.0 Å². The van der Waals surface area contributed by atoms with E-state index in [-0.39, 0.29) is 42.2 Å². The number of hydrogen-bond donors (Lipinski definition) is 2. The molecule has 4 rings (SSSR count). The molecular weight excluding hydrogens is 705 g/mol. The van der Waals surface area contributed by atoms with Crippen LogP contribution in [0.25, 0.3) is 10.4 Å². The number of alkyl halides is 3. The standard InChI is InChI=1S/C32H35F3N4O9S2/c1-4-36-31(43)37-24-11-6-5-8-21(24)19-50(44,45)38-14-12-22(13-15-38)39(30(42)32(33,34)35)23-10-7-9-20(16-23)26-17-25(48-18-27(40)46-2)28(49-26)29(41)47-3/h5-11,16-17,22H,4,12-15,18-19H2,1-3H3,(H2,36,37,43). The number of esters is 2. The van der Waals surface area contributed by atoms with Gasteiger partial charge in [-0.15, -0.1) is 11.3 Å². The average Bonchev–Trinajstić information content (AvgIpc) is 3.52. The van der Waals surface area contributed by atoms with Crippen molar-refractivity contribution in [3.63, 3.8) is 0 Å². The summed E-state index contributed by atoms with van der Waals surface area (Å²) in [6.45, 7) is 1.26. The van der Waals surface area contributed by atoms with E-state index >= 15 is 0 Å². The number of carbonyl (C=O) groups is 4. The summed E-state index contributed by atoms with van der Waals surface area (Å²) in [4.78, 5) is 49.9. The van der Waals surface area contributed by atoms with E-state index in [2.05, 4.69) is 15.4 Å². The Balaban J connectivity index is 1.57. The number of thiophene rings is 1. The van der Waals surface area contributed by atoms with Crippen LogP contribution in [0.3, 0.4) is 0 Å². The van der Waals surface area contributed by atoms with Crippen LogP contribution in [0.15, 0.2) is 54.6 Å². The molecule has 1 aliphatic heterocycles. The van der Waals surface area contributed by atoms with Gasteiger partial charge in [-0.25, -0.2) is 27.1 Å². The highest BCUT2D eigenvalue weighted by Crippen LogP contribution is 2.39. The van der Waals surface area contributed by atoms with Crippen molar-refractivity contribution >= 4 is 56.6 Å². The van der Waals surface area contributed by atoms with Crippen LogP contribution in [0.2, 0.25) is 0 Å². The van der Waals surface area contributed by atoms with E-state index in [1.807, 2.05) is 0 Å². The van der Waals surface area contributed by atoms with Gasteiger partial charge in [-0.05, 0) is 55.2 Å². The molecule has 2 aromatic carbocycles. The molecule has 0 aliphatic carbocycles. The number of amides is 3. The molecule has 3 aromatic rings. The van der Waals surface area contributed by atoms with Gasteiger partial charge in [0.15, 0.2) is 11.5 Å². The highest BCUT2D eigenvalue weighted by atomic mass is 32.2. The molecule has 0 spiro atoms. The van der Waals surface area contributed by atoms with Gasteiger partial charge in [0.25, 0.3) is 0 Å². The first-order chi connectivity index (χ1) is 23.7. The summed E-state index contributed by atoms with van der Waals surface area (Å²) >= 11 is 0.907. The third-order valence-electron chi connectivity index (χ3n) is 7.63. The third kappa shape index (κ3) is 9.30. The zero-order valence-corrected chi connectivity index (χ0v) is 28.9. The number of urea groups is 1. The molecule has 13 nitrogen and oxygen atoms in total. The maximum atomic E-state index is 14.0. The first kappa shape index (κ1) is 38.1. The number of nitrogens with zero attached hydrogens (tertiary/aromatic N) is 2. The lowest BCUT2D eigenvalue weighted by atomic mass is 10.0. The van der Waals surface area contributed by atoms with E-state index in [0.29, 0.717) is 33.1 Å². The van der Waals surface area contributed by atoms with E-state index in [1.165, 1.54) is 24.3 Å². The summed E-state index contributed by atoms with van der Waals surface area (Å²) in [5, 5.41) is 5.18. The number of piperidine rings is 1. The van der Waals surface area contributed by atoms with Crippen molar-refractivity contribution < 1.29 is 55.0 Å². The summed E-state index contributed by atoms with van der Waals surface area (Å²) in [7, 11) is -1.67. The zero-order valence-electron chi connectivity index (χ0n) is 27.2. The van der Waals surface area contributed by atoms with E-state index in [1.54, 1.807) is 37.3 Å². The fraction of sp³-hybridized carbons (Fsp3) is 0.375. The van der Waals surface area contributed by atoms with Crippen molar-refractivity contribution in [2.75, 3.05) is 50.7 Å². The van der Waals surface area contributed by atoms with Gasteiger partial charge in [-0.1, -0.05) is 30.3 Å². The molecule has 0 radical (unpaired) electrons. The Morgan fingerprint density at radius 2 is 1.70 bits per heavy atom. The number of halogens is 3. The molecule has 50 heavy (non-hydrogen) atoms. The lowest BCUT2D eigenvalue weighted by Gasteiger charge is -2.38. The molecule has 1 aliphatic rings. The molecule has 1 saturated heterocycles. The van der Waals surface area contributed by atoms with Gasteiger partial charge < -0.3 is 29.7 Å². The van der Waals surface area contributed by atoms with Crippen molar-refractivity contribution in [1.82, 2.24) is 9.62 Å². The fourth-order valence-corrected chi connectivity index (χ4v) is 7.87. The van der Waals surface area contributed by atoms with Crippen LogP contribution in [0, 0.1) is 0 Å². The molecule has 0 saturated carbocycles. The van der Waals surface area contributed by atoms with Crippen molar-refractivity contribution in [3.8, 4) is 16.2 Å². The quantitative estimate of drug-likeness (QED) is 0.249. The first-order valence-electron chi connectivity index (χ1n) is 15.2. The molecule has 1 fully saturated rings. The number of nitrogens with one attached hydrogen (secondary N) is 2.